The number of hydrogen-bond donors (Lipinski definition) is 2. The number of hydrazine groups is 1. The minimum Gasteiger partial charge on any atom is -0.287 e. The van der Waals surface area contributed by atoms with E-state index in [0.717, 1.165) is 24.1 Å². The van der Waals surface area contributed by atoms with Crippen molar-refractivity contribution in [3.05, 3.63) is 23.3 Å². The van der Waals surface area contributed by atoms with Crippen LogP contribution in [0.5, 0.6) is 0 Å². The van der Waals surface area contributed by atoms with Gasteiger partial charge in [-0.25, -0.2) is 5.43 Å². The van der Waals surface area contributed by atoms with E-state index in [2.05, 4.69) is 10.9 Å². The summed E-state index contributed by atoms with van der Waals surface area (Å²) in [7, 11) is 0. The molecule has 2 rings (SSSR count). The molecule has 0 aromatic carbocycles. The maximum Gasteiger partial charge on any atom is 0.261 e. The first-order valence-corrected chi connectivity index (χ1v) is 3.30. The van der Waals surface area contributed by atoms with Crippen LogP contribution in [0.25, 0.3) is 0 Å². The molecule has 2 aliphatic rings. The van der Waals surface area contributed by atoms with Crippen LogP contribution >= 0.6 is 0 Å². The number of rotatable bonds is 0. The number of allylic oxidation sites excluding steroid dienone is 1. The summed E-state index contributed by atoms with van der Waals surface area (Å²) >= 11 is 0. The summed E-state index contributed by atoms with van der Waals surface area (Å²) in [4.78, 5) is 11.0. The average Bonchev–Trinajstić information content (AvgIpc) is 2.36. The summed E-state index contributed by atoms with van der Waals surface area (Å²) in [5, 5.41) is 0. The maximum absolute atomic E-state index is 11.0. The molecule has 0 aromatic rings. The monoisotopic (exact) mass is 136 g/mol. The van der Waals surface area contributed by atoms with Gasteiger partial charge in [-0.05, 0) is 12.0 Å². The zero-order chi connectivity index (χ0) is 6.97. The standard InChI is InChI=1S/C7H8N2O/c10-7-6-3-1-2-5(6)4-8-9-7/h1-2,8H,3-4H2,(H,9,10). The molecule has 52 valence electrons. The highest BCUT2D eigenvalue weighted by Crippen LogP contribution is 2.19. The van der Waals surface area contributed by atoms with Crippen LogP contribution in [0.1, 0.15) is 6.42 Å². The minimum atomic E-state index is 0.0197. The number of hydrogen-bond acceptors (Lipinski definition) is 2. The van der Waals surface area contributed by atoms with Crippen molar-refractivity contribution in [3.8, 4) is 0 Å². The molecule has 0 radical (unpaired) electrons. The molecule has 0 saturated heterocycles. The van der Waals surface area contributed by atoms with Crippen LogP contribution in [0.15, 0.2) is 23.3 Å². The molecule has 3 nitrogen and oxygen atoms in total. The fourth-order valence-corrected chi connectivity index (χ4v) is 1.25. The number of nitrogens with one attached hydrogen (secondary N) is 2. The van der Waals surface area contributed by atoms with Gasteiger partial charge in [-0.1, -0.05) is 12.2 Å². The molecule has 10 heavy (non-hydrogen) atoms. The Morgan fingerprint density at radius 1 is 1.50 bits per heavy atom. The summed E-state index contributed by atoms with van der Waals surface area (Å²) in [6.07, 6.45) is 4.81. The Hall–Kier alpha value is -1.09. The van der Waals surface area contributed by atoms with E-state index in [0.29, 0.717) is 0 Å². The average molecular weight is 136 g/mol. The largest absolute Gasteiger partial charge is 0.287 e. The summed E-state index contributed by atoms with van der Waals surface area (Å²) in [5.41, 5.74) is 7.41. The molecule has 0 bridgehead atoms. The van der Waals surface area contributed by atoms with Gasteiger partial charge >= 0.3 is 0 Å². The van der Waals surface area contributed by atoms with Crippen LogP contribution in [-0.2, 0) is 4.79 Å². The molecular formula is C7H8N2O. The molecule has 0 spiro atoms. The summed E-state index contributed by atoms with van der Waals surface area (Å²) in [6.45, 7) is 0.761. The number of carbonyl (C=O) groups excluding carboxylic acids is 1. The van der Waals surface area contributed by atoms with Gasteiger partial charge in [-0.15, -0.1) is 0 Å². The first kappa shape index (κ1) is 5.68. The van der Waals surface area contributed by atoms with Crippen molar-refractivity contribution < 1.29 is 4.79 Å². The van der Waals surface area contributed by atoms with Gasteiger partial charge in [0.15, 0.2) is 0 Å². The van der Waals surface area contributed by atoms with Crippen molar-refractivity contribution in [1.29, 1.82) is 0 Å². The highest BCUT2D eigenvalue weighted by molar-refractivity contribution is 5.96. The number of amides is 1. The van der Waals surface area contributed by atoms with Crippen molar-refractivity contribution in [1.82, 2.24) is 10.9 Å². The fraction of sp³-hybridized carbons (Fsp3) is 0.286. The third kappa shape index (κ3) is 0.675. The van der Waals surface area contributed by atoms with Gasteiger partial charge in [0.25, 0.3) is 5.91 Å². The molecule has 1 amide bonds. The maximum atomic E-state index is 11.0. The lowest BCUT2D eigenvalue weighted by Crippen LogP contribution is -2.43. The molecular weight excluding hydrogens is 128 g/mol. The van der Waals surface area contributed by atoms with Crippen LogP contribution in [0, 0.1) is 0 Å². The Morgan fingerprint density at radius 3 is 3.20 bits per heavy atom. The van der Waals surface area contributed by atoms with E-state index in [1.54, 1.807) is 0 Å². The Balaban J connectivity index is 2.36. The normalized spacial score (nSPS) is 23.0. The van der Waals surface area contributed by atoms with Crippen molar-refractivity contribution >= 4 is 5.91 Å². The highest BCUT2D eigenvalue weighted by Gasteiger charge is 2.19. The third-order valence-corrected chi connectivity index (χ3v) is 1.78. The van der Waals surface area contributed by atoms with E-state index < -0.39 is 0 Å². The topological polar surface area (TPSA) is 41.1 Å². The van der Waals surface area contributed by atoms with Crippen LogP contribution in [-0.4, -0.2) is 12.5 Å². The lowest BCUT2D eigenvalue weighted by Gasteiger charge is -2.15. The Bertz CT molecular complexity index is 240. The highest BCUT2D eigenvalue weighted by atomic mass is 16.2. The molecule has 1 heterocycles. The van der Waals surface area contributed by atoms with Gasteiger partial charge < -0.3 is 0 Å². The van der Waals surface area contributed by atoms with Gasteiger partial charge in [0.1, 0.15) is 0 Å². The molecule has 1 aliphatic heterocycles. The van der Waals surface area contributed by atoms with E-state index >= 15 is 0 Å². The smallest absolute Gasteiger partial charge is 0.261 e. The van der Waals surface area contributed by atoms with Crippen molar-refractivity contribution in [3.63, 3.8) is 0 Å². The Kier molecular flexibility index (Phi) is 1.11. The van der Waals surface area contributed by atoms with Gasteiger partial charge in [-0.2, -0.15) is 0 Å². The van der Waals surface area contributed by atoms with Crippen molar-refractivity contribution in [2.45, 2.75) is 6.42 Å². The van der Waals surface area contributed by atoms with Crippen LogP contribution in [0.4, 0.5) is 0 Å². The molecule has 2 N–H and O–H groups in total. The van der Waals surface area contributed by atoms with Crippen LogP contribution in [0.3, 0.4) is 0 Å². The summed E-state index contributed by atoms with van der Waals surface area (Å²) in [6, 6.07) is 0. The van der Waals surface area contributed by atoms with Crippen molar-refractivity contribution in [2.24, 2.45) is 0 Å². The molecule has 0 unspecified atom stereocenters. The lowest BCUT2D eigenvalue weighted by molar-refractivity contribution is -0.118. The van der Waals surface area contributed by atoms with Gasteiger partial charge in [0.05, 0.1) is 0 Å². The van der Waals surface area contributed by atoms with E-state index in [9.17, 15) is 4.79 Å². The lowest BCUT2D eigenvalue weighted by atomic mass is 10.1. The van der Waals surface area contributed by atoms with E-state index in [-0.39, 0.29) is 5.91 Å². The van der Waals surface area contributed by atoms with Crippen molar-refractivity contribution in [2.75, 3.05) is 6.54 Å². The molecule has 0 aromatic heterocycles. The first-order valence-electron chi connectivity index (χ1n) is 3.30. The SMILES string of the molecule is O=C1NNCC2=C1CC=C2. The Morgan fingerprint density at radius 2 is 2.40 bits per heavy atom. The zero-order valence-electron chi connectivity index (χ0n) is 5.48. The van der Waals surface area contributed by atoms with E-state index in [1.807, 2.05) is 12.2 Å². The molecule has 0 atom stereocenters. The number of carbonyl (C=O) groups is 1. The second-order valence-corrected chi connectivity index (χ2v) is 2.42. The predicted octanol–water partition coefficient (Wildman–Crippen LogP) is -0.123. The second-order valence-electron chi connectivity index (χ2n) is 2.42. The zero-order valence-corrected chi connectivity index (χ0v) is 5.48. The fourth-order valence-electron chi connectivity index (χ4n) is 1.25. The quantitative estimate of drug-likeness (QED) is 0.487. The minimum absolute atomic E-state index is 0.0197. The van der Waals surface area contributed by atoms with Gasteiger partial charge in [-0.3, -0.25) is 10.2 Å². The van der Waals surface area contributed by atoms with E-state index in [1.165, 1.54) is 0 Å². The first-order chi connectivity index (χ1) is 4.88. The second kappa shape index (κ2) is 1.95. The summed E-state index contributed by atoms with van der Waals surface area (Å²) in [5.74, 6) is 0.0197. The van der Waals surface area contributed by atoms with Gasteiger partial charge in [0, 0.05) is 12.1 Å². The van der Waals surface area contributed by atoms with E-state index in [4.69, 9.17) is 0 Å². The van der Waals surface area contributed by atoms with Gasteiger partial charge in [0.2, 0.25) is 0 Å². The van der Waals surface area contributed by atoms with Crippen LogP contribution in [0.2, 0.25) is 0 Å². The summed E-state index contributed by atoms with van der Waals surface area (Å²) < 4.78 is 0. The molecule has 1 aliphatic carbocycles. The predicted molar refractivity (Wildman–Crippen MR) is 36.9 cm³/mol. The van der Waals surface area contributed by atoms with Crippen LogP contribution < -0.4 is 10.9 Å². The third-order valence-electron chi connectivity index (χ3n) is 1.78. The molecule has 0 fully saturated rings. The molecule has 0 saturated carbocycles. The Labute approximate surface area is 58.8 Å². The molecule has 3 heteroatoms.